The highest BCUT2D eigenvalue weighted by atomic mass is 35.5. The first-order chi connectivity index (χ1) is 9.74. The number of hydrogen-bond acceptors (Lipinski definition) is 3. The fourth-order valence-corrected chi connectivity index (χ4v) is 2.99. The lowest BCUT2D eigenvalue weighted by Crippen LogP contribution is -2.32. The second-order valence-corrected chi connectivity index (χ2v) is 7.87. The van der Waals surface area contributed by atoms with E-state index in [-0.39, 0.29) is 22.7 Å². The van der Waals surface area contributed by atoms with Gasteiger partial charge in [-0.25, -0.2) is 13.1 Å². The Balaban J connectivity index is 2.07. The van der Waals surface area contributed by atoms with Crippen LogP contribution in [0.4, 0.5) is 5.69 Å². The average Bonchev–Trinajstić information content (AvgIpc) is 3.22. The Morgan fingerprint density at radius 3 is 2.33 bits per heavy atom. The van der Waals surface area contributed by atoms with Crippen LogP contribution in [0.3, 0.4) is 0 Å². The number of alkyl halides is 1. The Bertz CT molecular complexity index is 622. The molecule has 0 atom stereocenters. The Labute approximate surface area is 130 Å². The highest BCUT2D eigenvalue weighted by molar-refractivity contribution is 7.89. The lowest BCUT2D eigenvalue weighted by molar-refractivity contribution is -0.122. The Morgan fingerprint density at radius 2 is 1.86 bits per heavy atom. The Morgan fingerprint density at radius 1 is 1.29 bits per heavy atom. The third-order valence-corrected chi connectivity index (χ3v) is 5.47. The molecule has 0 spiro atoms. The van der Waals surface area contributed by atoms with Gasteiger partial charge in [-0.15, -0.1) is 11.6 Å². The molecule has 1 aliphatic carbocycles. The number of sulfonamides is 1. The van der Waals surface area contributed by atoms with Crippen LogP contribution in [-0.2, 0) is 14.8 Å². The number of carbonyl (C=O) groups is 1. The zero-order chi connectivity index (χ0) is 15.7. The van der Waals surface area contributed by atoms with E-state index in [0.717, 1.165) is 12.8 Å². The molecule has 0 radical (unpaired) electrons. The molecule has 2 rings (SSSR count). The third-order valence-electron chi connectivity index (χ3n) is 3.27. The van der Waals surface area contributed by atoms with E-state index < -0.39 is 15.4 Å². The highest BCUT2D eigenvalue weighted by Crippen LogP contribution is 2.24. The van der Waals surface area contributed by atoms with Crippen LogP contribution < -0.4 is 10.0 Å². The Hall–Kier alpha value is -1.11. The van der Waals surface area contributed by atoms with Gasteiger partial charge in [0.05, 0.1) is 10.3 Å². The first-order valence-corrected chi connectivity index (χ1v) is 8.76. The van der Waals surface area contributed by atoms with Crippen LogP contribution in [0.25, 0.3) is 0 Å². The zero-order valence-electron chi connectivity index (χ0n) is 12.0. The molecule has 21 heavy (non-hydrogen) atoms. The van der Waals surface area contributed by atoms with Crippen LogP contribution in [0.5, 0.6) is 0 Å². The van der Waals surface area contributed by atoms with E-state index in [1.807, 2.05) is 0 Å². The topological polar surface area (TPSA) is 75.3 Å². The molecule has 5 nitrogen and oxygen atoms in total. The van der Waals surface area contributed by atoms with E-state index in [1.165, 1.54) is 12.1 Å². The lowest BCUT2D eigenvalue weighted by Gasteiger charge is -2.20. The molecule has 7 heteroatoms. The first-order valence-electron chi connectivity index (χ1n) is 6.74. The first kappa shape index (κ1) is 16.3. The van der Waals surface area contributed by atoms with Gasteiger partial charge in [-0.1, -0.05) is 0 Å². The monoisotopic (exact) mass is 330 g/mol. The van der Waals surface area contributed by atoms with Gasteiger partial charge in [-0.2, -0.15) is 0 Å². The van der Waals surface area contributed by atoms with Crippen LogP contribution >= 0.6 is 11.6 Å². The van der Waals surface area contributed by atoms with E-state index in [9.17, 15) is 13.2 Å². The molecule has 1 aromatic rings. The van der Waals surface area contributed by atoms with Crippen LogP contribution in [0.1, 0.15) is 26.7 Å². The van der Waals surface area contributed by atoms with E-state index in [2.05, 4.69) is 10.0 Å². The summed E-state index contributed by atoms with van der Waals surface area (Å²) in [4.78, 5) is 12.2. The van der Waals surface area contributed by atoms with Crippen molar-refractivity contribution in [2.24, 2.45) is 5.41 Å². The third kappa shape index (κ3) is 4.18. The minimum Gasteiger partial charge on any atom is -0.326 e. The normalized spacial score (nSPS) is 15.8. The second kappa shape index (κ2) is 5.94. The molecule has 0 aromatic heterocycles. The van der Waals surface area contributed by atoms with Gasteiger partial charge in [0.25, 0.3) is 0 Å². The quantitative estimate of drug-likeness (QED) is 0.786. The van der Waals surface area contributed by atoms with Gasteiger partial charge in [0.2, 0.25) is 15.9 Å². The largest absolute Gasteiger partial charge is 0.326 e. The molecule has 1 fully saturated rings. The van der Waals surface area contributed by atoms with Crippen LogP contribution in [0, 0.1) is 5.41 Å². The summed E-state index contributed by atoms with van der Waals surface area (Å²) in [5, 5.41) is 2.73. The summed E-state index contributed by atoms with van der Waals surface area (Å²) in [6.45, 7) is 3.49. The number of anilines is 1. The zero-order valence-corrected chi connectivity index (χ0v) is 13.6. The number of carbonyl (C=O) groups excluding carboxylic acids is 1. The van der Waals surface area contributed by atoms with Gasteiger partial charge in [-0.05, 0) is 51.0 Å². The lowest BCUT2D eigenvalue weighted by atomic mass is 9.95. The molecule has 0 saturated heterocycles. The second-order valence-electron chi connectivity index (χ2n) is 5.89. The predicted molar refractivity (Wildman–Crippen MR) is 82.9 cm³/mol. The average molecular weight is 331 g/mol. The smallest absolute Gasteiger partial charge is 0.240 e. The Kier molecular flexibility index (Phi) is 4.60. The summed E-state index contributed by atoms with van der Waals surface area (Å²) in [5.74, 6) is 0.000532. The van der Waals surface area contributed by atoms with E-state index >= 15 is 0 Å². The van der Waals surface area contributed by atoms with Crippen molar-refractivity contribution in [2.45, 2.75) is 37.6 Å². The molecule has 2 N–H and O–H groups in total. The maximum Gasteiger partial charge on any atom is 0.240 e. The van der Waals surface area contributed by atoms with Crippen molar-refractivity contribution in [1.82, 2.24) is 4.72 Å². The summed E-state index contributed by atoms with van der Waals surface area (Å²) in [5.41, 5.74) is -0.136. The van der Waals surface area contributed by atoms with Crippen LogP contribution in [0.2, 0.25) is 0 Å². The molecule has 0 bridgehead atoms. The number of benzene rings is 1. The number of hydrogen-bond donors (Lipinski definition) is 2. The van der Waals surface area contributed by atoms with Crippen molar-refractivity contribution >= 4 is 33.2 Å². The molecular weight excluding hydrogens is 312 g/mol. The molecule has 1 aliphatic rings. The maximum absolute atomic E-state index is 12.0. The number of nitrogens with one attached hydrogen (secondary N) is 2. The molecule has 0 unspecified atom stereocenters. The van der Waals surface area contributed by atoms with Crippen molar-refractivity contribution in [2.75, 3.05) is 11.2 Å². The molecule has 1 saturated carbocycles. The van der Waals surface area contributed by atoms with E-state index in [4.69, 9.17) is 11.6 Å². The van der Waals surface area contributed by atoms with Gasteiger partial charge in [-0.3, -0.25) is 4.79 Å². The van der Waals surface area contributed by atoms with Crippen molar-refractivity contribution in [3.8, 4) is 0 Å². The molecular formula is C14H19ClN2O3S. The van der Waals surface area contributed by atoms with Crippen molar-refractivity contribution < 1.29 is 13.2 Å². The summed E-state index contributed by atoms with van der Waals surface area (Å²) in [6.07, 6.45) is 1.78. The van der Waals surface area contributed by atoms with Gasteiger partial charge in [0, 0.05) is 17.6 Å². The van der Waals surface area contributed by atoms with Crippen LogP contribution in [0.15, 0.2) is 29.2 Å². The standard InChI is InChI=1S/C14H19ClN2O3S/c1-14(2,9-15)13(18)16-10-5-7-12(8-6-10)21(19,20)17-11-3-4-11/h5-8,11,17H,3-4,9H2,1-2H3,(H,16,18). The van der Waals surface area contributed by atoms with Crippen molar-refractivity contribution in [3.63, 3.8) is 0 Å². The minimum absolute atomic E-state index is 0.0684. The minimum atomic E-state index is -3.46. The molecule has 1 amide bonds. The molecule has 0 aliphatic heterocycles. The van der Waals surface area contributed by atoms with Gasteiger partial charge < -0.3 is 5.32 Å². The van der Waals surface area contributed by atoms with Crippen molar-refractivity contribution in [3.05, 3.63) is 24.3 Å². The summed E-state index contributed by atoms with van der Waals surface area (Å²) in [7, 11) is -3.46. The van der Waals surface area contributed by atoms with Gasteiger partial charge in [0.15, 0.2) is 0 Å². The number of rotatable bonds is 6. The fraction of sp³-hybridized carbons (Fsp3) is 0.500. The highest BCUT2D eigenvalue weighted by Gasteiger charge is 2.28. The molecule has 0 heterocycles. The summed E-state index contributed by atoms with van der Waals surface area (Å²) >= 11 is 5.75. The van der Waals surface area contributed by atoms with E-state index in [0.29, 0.717) is 5.69 Å². The number of amides is 1. The van der Waals surface area contributed by atoms with Gasteiger partial charge >= 0.3 is 0 Å². The predicted octanol–water partition coefficient (Wildman–Crippen LogP) is 2.33. The van der Waals surface area contributed by atoms with E-state index in [1.54, 1.807) is 26.0 Å². The maximum atomic E-state index is 12.0. The number of halogens is 1. The van der Waals surface area contributed by atoms with Gasteiger partial charge in [0.1, 0.15) is 0 Å². The van der Waals surface area contributed by atoms with Crippen LogP contribution in [-0.4, -0.2) is 26.2 Å². The molecule has 1 aromatic carbocycles. The summed E-state index contributed by atoms with van der Waals surface area (Å²) < 4.78 is 26.6. The fourth-order valence-electron chi connectivity index (χ4n) is 1.57. The SMILES string of the molecule is CC(C)(CCl)C(=O)Nc1ccc(S(=O)(=O)NC2CC2)cc1. The van der Waals surface area contributed by atoms with Crippen molar-refractivity contribution in [1.29, 1.82) is 0 Å². The molecule has 116 valence electrons. The summed E-state index contributed by atoms with van der Waals surface area (Å²) in [6, 6.07) is 6.17.